The molecular formula is C12H18O2Si. The van der Waals surface area contributed by atoms with Gasteiger partial charge in [0.05, 0.1) is 5.73 Å². The Labute approximate surface area is 92.6 Å². The van der Waals surface area contributed by atoms with Crippen molar-refractivity contribution in [1.29, 1.82) is 0 Å². The van der Waals surface area contributed by atoms with Crippen LogP contribution in [-0.4, -0.2) is 26.2 Å². The Kier molecular flexibility index (Phi) is 3.94. The average molecular weight is 222 g/mol. The van der Waals surface area contributed by atoms with E-state index >= 15 is 0 Å². The summed E-state index contributed by atoms with van der Waals surface area (Å²) in [6.07, 6.45) is 3.42. The molecule has 0 amide bonds. The second kappa shape index (κ2) is 5.44. The van der Waals surface area contributed by atoms with E-state index in [9.17, 15) is 4.80 Å². The predicted octanol–water partition coefficient (Wildman–Crippen LogP) is 1.59. The second-order valence-electron chi connectivity index (χ2n) is 4.16. The lowest BCUT2D eigenvalue weighted by molar-refractivity contribution is 0.0546. The van der Waals surface area contributed by atoms with Crippen molar-refractivity contribution >= 4 is 9.04 Å². The SMILES string of the molecule is O[SiH](Cc1ccccc1)C1CCCCO1. The lowest BCUT2D eigenvalue weighted by Gasteiger charge is -2.25. The van der Waals surface area contributed by atoms with Gasteiger partial charge in [-0.25, -0.2) is 0 Å². The van der Waals surface area contributed by atoms with Crippen LogP contribution in [0.1, 0.15) is 24.8 Å². The first-order valence-corrected chi connectivity index (χ1v) is 7.70. The Morgan fingerprint density at radius 2 is 2.07 bits per heavy atom. The van der Waals surface area contributed by atoms with Crippen LogP contribution in [0.3, 0.4) is 0 Å². The number of hydrogen-bond acceptors (Lipinski definition) is 2. The Hall–Kier alpha value is -0.643. The third-order valence-corrected chi connectivity index (χ3v) is 5.21. The molecule has 0 radical (unpaired) electrons. The van der Waals surface area contributed by atoms with E-state index in [0.717, 1.165) is 25.5 Å². The predicted molar refractivity (Wildman–Crippen MR) is 63.1 cm³/mol. The van der Waals surface area contributed by atoms with Gasteiger partial charge in [0, 0.05) is 6.61 Å². The Balaban J connectivity index is 1.88. The van der Waals surface area contributed by atoms with E-state index < -0.39 is 9.04 Å². The zero-order valence-corrected chi connectivity index (χ0v) is 10.1. The van der Waals surface area contributed by atoms with Crippen molar-refractivity contribution in [1.82, 2.24) is 0 Å². The smallest absolute Gasteiger partial charge is 0.205 e. The molecule has 2 unspecified atom stereocenters. The van der Waals surface area contributed by atoms with Gasteiger partial charge >= 0.3 is 0 Å². The highest BCUT2D eigenvalue weighted by atomic mass is 28.3. The van der Waals surface area contributed by atoms with Crippen molar-refractivity contribution in [2.24, 2.45) is 0 Å². The minimum Gasteiger partial charge on any atom is -0.432 e. The van der Waals surface area contributed by atoms with E-state index in [2.05, 4.69) is 12.1 Å². The molecule has 0 bridgehead atoms. The summed E-state index contributed by atoms with van der Waals surface area (Å²) in [5, 5.41) is 0. The number of ether oxygens (including phenoxy) is 1. The van der Waals surface area contributed by atoms with Crippen molar-refractivity contribution in [2.45, 2.75) is 31.0 Å². The van der Waals surface area contributed by atoms with Crippen LogP contribution in [0.25, 0.3) is 0 Å². The summed E-state index contributed by atoms with van der Waals surface area (Å²) in [4.78, 5) is 10.1. The molecule has 1 N–H and O–H groups in total. The molecule has 0 aromatic heterocycles. The normalized spacial score (nSPS) is 23.7. The first kappa shape index (κ1) is 10.9. The quantitative estimate of drug-likeness (QED) is 0.787. The summed E-state index contributed by atoms with van der Waals surface area (Å²) in [7, 11) is -1.73. The van der Waals surface area contributed by atoms with Crippen LogP contribution in [-0.2, 0) is 10.8 Å². The molecule has 1 saturated heterocycles. The van der Waals surface area contributed by atoms with Gasteiger partial charge in [0.25, 0.3) is 0 Å². The average Bonchev–Trinajstić information content (AvgIpc) is 2.31. The monoisotopic (exact) mass is 222 g/mol. The molecule has 0 saturated carbocycles. The lowest BCUT2D eigenvalue weighted by Crippen LogP contribution is -2.38. The molecule has 1 aliphatic heterocycles. The Bertz CT molecular complexity index is 283. The van der Waals surface area contributed by atoms with Crippen LogP contribution in [0, 0.1) is 0 Å². The fourth-order valence-corrected chi connectivity index (χ4v) is 4.05. The van der Waals surface area contributed by atoms with Gasteiger partial charge in [-0.05, 0) is 30.9 Å². The van der Waals surface area contributed by atoms with E-state index in [1.54, 1.807) is 0 Å². The summed E-state index contributed by atoms with van der Waals surface area (Å²) < 4.78 is 5.62. The number of hydrogen-bond donors (Lipinski definition) is 1. The molecule has 15 heavy (non-hydrogen) atoms. The molecule has 3 heteroatoms. The van der Waals surface area contributed by atoms with Gasteiger partial charge in [0.15, 0.2) is 0 Å². The van der Waals surface area contributed by atoms with Gasteiger partial charge in [-0.1, -0.05) is 30.3 Å². The first-order chi connectivity index (χ1) is 7.36. The van der Waals surface area contributed by atoms with Crippen LogP contribution in [0.5, 0.6) is 0 Å². The molecule has 2 nitrogen and oxygen atoms in total. The minimum atomic E-state index is -1.73. The summed E-state index contributed by atoms with van der Waals surface area (Å²) in [5.41, 5.74) is 1.42. The van der Waals surface area contributed by atoms with Crippen molar-refractivity contribution < 1.29 is 9.53 Å². The van der Waals surface area contributed by atoms with Crippen LogP contribution in [0.4, 0.5) is 0 Å². The summed E-state index contributed by atoms with van der Waals surface area (Å²) in [5.74, 6) is 0. The molecule has 2 rings (SSSR count). The summed E-state index contributed by atoms with van der Waals surface area (Å²) >= 11 is 0. The molecule has 1 aromatic carbocycles. The van der Waals surface area contributed by atoms with Crippen LogP contribution < -0.4 is 0 Å². The topological polar surface area (TPSA) is 29.5 Å². The van der Waals surface area contributed by atoms with Gasteiger partial charge in [-0.3, -0.25) is 0 Å². The molecule has 1 fully saturated rings. The maximum atomic E-state index is 10.1. The molecule has 1 heterocycles. The van der Waals surface area contributed by atoms with Crippen molar-refractivity contribution in [3.8, 4) is 0 Å². The fraction of sp³-hybridized carbons (Fsp3) is 0.500. The van der Waals surface area contributed by atoms with Gasteiger partial charge in [0.1, 0.15) is 0 Å². The Morgan fingerprint density at radius 1 is 1.27 bits per heavy atom. The molecule has 1 aliphatic rings. The van der Waals surface area contributed by atoms with Crippen LogP contribution in [0.2, 0.25) is 0 Å². The van der Waals surface area contributed by atoms with E-state index in [1.807, 2.05) is 18.2 Å². The number of rotatable bonds is 3. The molecular weight excluding hydrogens is 204 g/mol. The van der Waals surface area contributed by atoms with Crippen molar-refractivity contribution in [3.05, 3.63) is 35.9 Å². The molecule has 0 aliphatic carbocycles. The molecule has 2 atom stereocenters. The van der Waals surface area contributed by atoms with Gasteiger partial charge in [0.2, 0.25) is 9.04 Å². The fourth-order valence-electron chi connectivity index (χ4n) is 2.06. The highest BCUT2D eigenvalue weighted by Crippen LogP contribution is 2.16. The maximum Gasteiger partial charge on any atom is 0.205 e. The van der Waals surface area contributed by atoms with E-state index in [-0.39, 0.29) is 5.73 Å². The highest BCUT2D eigenvalue weighted by molar-refractivity contribution is 6.51. The van der Waals surface area contributed by atoms with E-state index in [1.165, 1.54) is 12.0 Å². The standard InChI is InChI=1S/C12H18O2Si/c13-15(12-8-4-5-9-14-12)10-11-6-2-1-3-7-11/h1-3,6-7,12-13,15H,4-5,8-10H2. The molecule has 1 aromatic rings. The van der Waals surface area contributed by atoms with E-state index in [0.29, 0.717) is 0 Å². The van der Waals surface area contributed by atoms with Crippen LogP contribution >= 0.6 is 0 Å². The van der Waals surface area contributed by atoms with E-state index in [4.69, 9.17) is 4.74 Å². The van der Waals surface area contributed by atoms with Crippen molar-refractivity contribution in [3.63, 3.8) is 0 Å². The zero-order chi connectivity index (χ0) is 10.5. The minimum absolute atomic E-state index is 0.180. The van der Waals surface area contributed by atoms with Gasteiger partial charge in [-0.15, -0.1) is 0 Å². The molecule has 82 valence electrons. The second-order valence-corrected chi connectivity index (χ2v) is 6.45. The summed E-state index contributed by atoms with van der Waals surface area (Å²) in [6.45, 7) is 0.837. The first-order valence-electron chi connectivity index (χ1n) is 5.70. The zero-order valence-electron chi connectivity index (χ0n) is 8.93. The molecule has 0 spiro atoms. The van der Waals surface area contributed by atoms with Crippen LogP contribution in [0.15, 0.2) is 30.3 Å². The lowest BCUT2D eigenvalue weighted by atomic mass is 10.2. The summed E-state index contributed by atoms with van der Waals surface area (Å²) in [6, 6.07) is 11.1. The Morgan fingerprint density at radius 3 is 2.73 bits per heavy atom. The van der Waals surface area contributed by atoms with Gasteiger partial charge in [-0.2, -0.15) is 0 Å². The van der Waals surface area contributed by atoms with Gasteiger partial charge < -0.3 is 9.53 Å². The maximum absolute atomic E-state index is 10.1. The largest absolute Gasteiger partial charge is 0.432 e. The third kappa shape index (κ3) is 3.16. The third-order valence-electron chi connectivity index (χ3n) is 2.93. The number of benzene rings is 1. The van der Waals surface area contributed by atoms with Crippen molar-refractivity contribution in [2.75, 3.05) is 6.61 Å². The highest BCUT2D eigenvalue weighted by Gasteiger charge is 2.24.